The Hall–Kier alpha value is -3.33. The van der Waals surface area contributed by atoms with Crippen LogP contribution in [-0.4, -0.2) is 17.9 Å². The molecule has 114 valence electrons. The van der Waals surface area contributed by atoms with Crippen LogP contribution in [0.4, 0.5) is 11.4 Å². The fourth-order valence-corrected chi connectivity index (χ4v) is 2.27. The Morgan fingerprint density at radius 2 is 2.09 bits per heavy atom. The molecule has 1 heterocycles. The number of ether oxygens (including phenoxy) is 1. The average Bonchev–Trinajstić information content (AvgIpc) is 2.55. The molecule has 0 radical (unpaired) electrons. The summed E-state index contributed by atoms with van der Waals surface area (Å²) in [6, 6.07) is 13.6. The number of hydrogen-bond acceptors (Lipinski definition) is 4. The lowest BCUT2D eigenvalue weighted by molar-refractivity contribution is -0.122. The molecular weight excluding hydrogens is 294 g/mol. The van der Waals surface area contributed by atoms with Gasteiger partial charge in [0.05, 0.1) is 22.9 Å². The second-order valence-corrected chi connectivity index (χ2v) is 5.08. The van der Waals surface area contributed by atoms with Crippen LogP contribution < -0.4 is 15.4 Å². The Labute approximate surface area is 132 Å². The van der Waals surface area contributed by atoms with E-state index in [9.17, 15) is 9.59 Å². The fourth-order valence-electron chi connectivity index (χ4n) is 2.27. The van der Waals surface area contributed by atoms with Gasteiger partial charge in [0.2, 0.25) is 0 Å². The minimum Gasteiger partial charge on any atom is -0.478 e. The lowest BCUT2D eigenvalue weighted by Gasteiger charge is -2.25. The van der Waals surface area contributed by atoms with E-state index < -0.39 is 6.10 Å². The summed E-state index contributed by atoms with van der Waals surface area (Å²) < 4.78 is 5.55. The van der Waals surface area contributed by atoms with E-state index in [1.54, 1.807) is 49.4 Å². The molecule has 1 unspecified atom stereocenters. The van der Waals surface area contributed by atoms with Gasteiger partial charge in [-0.05, 0) is 37.3 Å². The van der Waals surface area contributed by atoms with Crippen molar-refractivity contribution < 1.29 is 14.3 Å². The molecule has 0 fully saturated rings. The smallest absolute Gasteiger partial charge is 0.265 e. The highest BCUT2D eigenvalue weighted by Crippen LogP contribution is 2.33. The molecule has 0 spiro atoms. The highest BCUT2D eigenvalue weighted by atomic mass is 16.5. The van der Waals surface area contributed by atoms with E-state index in [2.05, 4.69) is 10.6 Å². The fraction of sp³-hybridized carbons (Fsp3) is 0.118. The predicted molar refractivity (Wildman–Crippen MR) is 84.3 cm³/mol. The van der Waals surface area contributed by atoms with Gasteiger partial charge in [0.25, 0.3) is 11.8 Å². The molecule has 2 aromatic carbocycles. The molecule has 2 aromatic rings. The van der Waals surface area contributed by atoms with E-state index in [1.165, 1.54) is 0 Å². The van der Waals surface area contributed by atoms with E-state index in [1.807, 2.05) is 6.07 Å². The Kier molecular flexibility index (Phi) is 3.69. The van der Waals surface area contributed by atoms with Crippen LogP contribution in [0.3, 0.4) is 0 Å². The van der Waals surface area contributed by atoms with E-state index in [0.29, 0.717) is 28.3 Å². The normalized spacial score (nSPS) is 15.7. The van der Waals surface area contributed by atoms with Crippen molar-refractivity contribution >= 4 is 23.2 Å². The Morgan fingerprint density at radius 3 is 2.87 bits per heavy atom. The van der Waals surface area contributed by atoms with Crippen LogP contribution in [0.15, 0.2) is 42.5 Å². The molecule has 1 atom stereocenters. The van der Waals surface area contributed by atoms with Crippen LogP contribution in [0.5, 0.6) is 5.75 Å². The van der Waals surface area contributed by atoms with Crippen LogP contribution in [0.25, 0.3) is 0 Å². The molecule has 0 aliphatic carbocycles. The third kappa shape index (κ3) is 2.85. The van der Waals surface area contributed by atoms with Crippen LogP contribution in [0, 0.1) is 11.3 Å². The van der Waals surface area contributed by atoms with Crippen molar-refractivity contribution in [3.05, 3.63) is 53.6 Å². The lowest BCUT2D eigenvalue weighted by atomic mass is 10.1. The van der Waals surface area contributed by atoms with Crippen LogP contribution in [0.1, 0.15) is 22.8 Å². The number of benzene rings is 2. The number of para-hydroxylation sites is 1. The molecule has 1 aliphatic rings. The summed E-state index contributed by atoms with van der Waals surface area (Å²) in [4.78, 5) is 24.1. The number of anilines is 2. The van der Waals surface area contributed by atoms with Gasteiger partial charge in [-0.2, -0.15) is 5.26 Å². The van der Waals surface area contributed by atoms with Gasteiger partial charge < -0.3 is 15.4 Å². The van der Waals surface area contributed by atoms with Crippen molar-refractivity contribution in [2.45, 2.75) is 13.0 Å². The van der Waals surface area contributed by atoms with E-state index >= 15 is 0 Å². The summed E-state index contributed by atoms with van der Waals surface area (Å²) in [6.07, 6.45) is -0.668. The number of fused-ring (bicyclic) bond motifs is 1. The highest BCUT2D eigenvalue weighted by molar-refractivity contribution is 6.09. The summed E-state index contributed by atoms with van der Waals surface area (Å²) in [5, 5.41) is 14.3. The van der Waals surface area contributed by atoms with Crippen LogP contribution in [-0.2, 0) is 4.79 Å². The maximum absolute atomic E-state index is 12.5. The Morgan fingerprint density at radius 1 is 1.30 bits per heavy atom. The Balaban J connectivity index is 1.90. The van der Waals surface area contributed by atoms with Crippen molar-refractivity contribution in [3.8, 4) is 11.8 Å². The third-order valence-corrected chi connectivity index (χ3v) is 3.43. The van der Waals surface area contributed by atoms with Gasteiger partial charge in [-0.15, -0.1) is 0 Å². The largest absolute Gasteiger partial charge is 0.478 e. The summed E-state index contributed by atoms with van der Waals surface area (Å²) in [5.41, 5.74) is 1.75. The second kappa shape index (κ2) is 5.81. The monoisotopic (exact) mass is 307 g/mol. The van der Waals surface area contributed by atoms with Gasteiger partial charge in [-0.25, -0.2) is 0 Å². The molecule has 2 N–H and O–H groups in total. The number of amides is 2. The first-order chi connectivity index (χ1) is 11.1. The molecule has 0 saturated carbocycles. The first-order valence-corrected chi connectivity index (χ1v) is 7.00. The average molecular weight is 307 g/mol. The number of carbonyl (C=O) groups is 2. The van der Waals surface area contributed by atoms with Crippen molar-refractivity contribution in [1.82, 2.24) is 0 Å². The number of rotatable bonds is 2. The predicted octanol–water partition coefficient (Wildman–Crippen LogP) is 2.53. The number of carbonyl (C=O) groups excluding carboxylic acids is 2. The molecule has 6 nitrogen and oxygen atoms in total. The summed E-state index contributed by atoms with van der Waals surface area (Å²) >= 11 is 0. The zero-order chi connectivity index (χ0) is 16.4. The van der Waals surface area contributed by atoms with Gasteiger partial charge in [0.1, 0.15) is 0 Å². The Bertz CT molecular complexity index is 839. The highest BCUT2D eigenvalue weighted by Gasteiger charge is 2.27. The van der Waals surface area contributed by atoms with Crippen molar-refractivity contribution in [2.24, 2.45) is 0 Å². The van der Waals surface area contributed by atoms with Crippen molar-refractivity contribution in [1.29, 1.82) is 5.26 Å². The number of nitrogens with one attached hydrogen (secondary N) is 2. The van der Waals surface area contributed by atoms with Gasteiger partial charge in [-0.1, -0.05) is 12.1 Å². The summed E-state index contributed by atoms with van der Waals surface area (Å²) in [6.45, 7) is 1.61. The zero-order valence-corrected chi connectivity index (χ0v) is 12.3. The van der Waals surface area contributed by atoms with Gasteiger partial charge >= 0.3 is 0 Å². The first kappa shape index (κ1) is 14.6. The summed E-state index contributed by atoms with van der Waals surface area (Å²) in [7, 11) is 0. The molecule has 1 aliphatic heterocycles. The van der Waals surface area contributed by atoms with Gasteiger partial charge in [0.15, 0.2) is 11.9 Å². The molecule has 23 heavy (non-hydrogen) atoms. The number of nitriles is 1. The lowest BCUT2D eigenvalue weighted by Crippen LogP contribution is -2.35. The molecule has 3 rings (SSSR count). The number of hydrogen-bond donors (Lipinski definition) is 2. The molecule has 0 saturated heterocycles. The molecule has 0 aromatic heterocycles. The SMILES string of the molecule is CC1Oc2c(cccc2C(=O)Nc2cccc(C#N)c2)NC1=O. The molecule has 0 bridgehead atoms. The minimum atomic E-state index is -0.668. The standard InChI is InChI=1S/C17H13N3O3/c1-10-16(21)20-14-7-3-6-13(15(14)23-10)17(22)19-12-5-2-4-11(8-12)9-18/h2-8,10H,1H3,(H,19,22)(H,20,21). The van der Waals surface area contributed by atoms with Crippen molar-refractivity contribution in [2.75, 3.05) is 10.6 Å². The second-order valence-electron chi connectivity index (χ2n) is 5.08. The quantitative estimate of drug-likeness (QED) is 0.892. The molecular formula is C17H13N3O3. The van der Waals surface area contributed by atoms with Gasteiger partial charge in [0, 0.05) is 5.69 Å². The molecule has 6 heteroatoms. The summed E-state index contributed by atoms with van der Waals surface area (Å²) in [5.74, 6) is -0.286. The van der Waals surface area contributed by atoms with Crippen LogP contribution >= 0.6 is 0 Å². The maximum Gasteiger partial charge on any atom is 0.265 e. The maximum atomic E-state index is 12.5. The third-order valence-electron chi connectivity index (χ3n) is 3.43. The topological polar surface area (TPSA) is 91.2 Å². The van der Waals surface area contributed by atoms with Crippen LogP contribution in [0.2, 0.25) is 0 Å². The van der Waals surface area contributed by atoms with Gasteiger partial charge in [-0.3, -0.25) is 9.59 Å². The number of nitrogens with zero attached hydrogens (tertiary/aromatic N) is 1. The zero-order valence-electron chi connectivity index (χ0n) is 12.3. The minimum absolute atomic E-state index is 0.253. The molecule has 2 amide bonds. The van der Waals surface area contributed by atoms with Crippen molar-refractivity contribution in [3.63, 3.8) is 0 Å². The van der Waals surface area contributed by atoms with E-state index in [4.69, 9.17) is 10.00 Å². The van der Waals surface area contributed by atoms with E-state index in [-0.39, 0.29) is 11.8 Å². The van der Waals surface area contributed by atoms with E-state index in [0.717, 1.165) is 0 Å². The first-order valence-electron chi connectivity index (χ1n) is 7.00.